The maximum atomic E-state index is 11.9. The second kappa shape index (κ2) is 6.61. The molecule has 0 spiro atoms. The molecule has 0 amide bonds. The minimum atomic E-state index is -0.351. The van der Waals surface area contributed by atoms with Crippen LogP contribution in [0.5, 0.6) is 0 Å². The highest BCUT2D eigenvalue weighted by Gasteiger charge is 2.54. The monoisotopic (exact) mass is 339 g/mol. The molecule has 1 aliphatic carbocycles. The number of aryl methyl sites for hydroxylation is 1. The SMILES string of the molecule is NCC1C2CN(CCCc3ccc(-n4ccc(N)nc4=O)cc3)C[C@@H]12. The van der Waals surface area contributed by atoms with E-state index in [0.29, 0.717) is 0 Å². The van der Waals surface area contributed by atoms with Crippen molar-refractivity contribution in [3.8, 4) is 5.69 Å². The number of piperidine rings is 1. The smallest absolute Gasteiger partial charge is 0.354 e. The van der Waals surface area contributed by atoms with Gasteiger partial charge in [-0.05, 0) is 67.4 Å². The summed E-state index contributed by atoms with van der Waals surface area (Å²) in [5, 5.41) is 0. The first kappa shape index (κ1) is 16.3. The zero-order chi connectivity index (χ0) is 17.4. The van der Waals surface area contributed by atoms with Crippen molar-refractivity contribution in [2.24, 2.45) is 23.5 Å². The second-order valence-corrected chi connectivity index (χ2v) is 7.26. The second-order valence-electron chi connectivity index (χ2n) is 7.26. The van der Waals surface area contributed by atoms with Crippen molar-refractivity contribution in [3.63, 3.8) is 0 Å². The Balaban J connectivity index is 1.29. The third-order valence-corrected chi connectivity index (χ3v) is 5.70. The summed E-state index contributed by atoms with van der Waals surface area (Å²) >= 11 is 0. The Labute approximate surface area is 147 Å². The van der Waals surface area contributed by atoms with E-state index in [0.717, 1.165) is 49.4 Å². The summed E-state index contributed by atoms with van der Waals surface area (Å²) in [5.74, 6) is 2.79. The molecular weight excluding hydrogens is 314 g/mol. The molecule has 1 saturated heterocycles. The summed E-state index contributed by atoms with van der Waals surface area (Å²) in [5.41, 5.74) is 13.1. The number of hydrogen-bond acceptors (Lipinski definition) is 5. The fraction of sp³-hybridized carbons (Fsp3) is 0.474. The number of nitrogens with two attached hydrogens (primary N) is 2. The van der Waals surface area contributed by atoms with Crippen LogP contribution in [0.3, 0.4) is 0 Å². The molecule has 0 bridgehead atoms. The lowest BCUT2D eigenvalue weighted by Gasteiger charge is -2.18. The largest absolute Gasteiger partial charge is 0.383 e. The highest BCUT2D eigenvalue weighted by atomic mass is 16.1. The zero-order valence-electron chi connectivity index (χ0n) is 14.3. The molecule has 6 nitrogen and oxygen atoms in total. The van der Waals surface area contributed by atoms with Crippen LogP contribution in [0, 0.1) is 17.8 Å². The molecule has 4 rings (SSSR count). The maximum Gasteiger partial charge on any atom is 0.354 e. The summed E-state index contributed by atoms with van der Waals surface area (Å²) in [7, 11) is 0. The summed E-state index contributed by atoms with van der Waals surface area (Å²) in [4.78, 5) is 18.2. The average Bonchev–Trinajstić information content (AvgIpc) is 3.08. The lowest BCUT2D eigenvalue weighted by molar-refractivity contribution is 0.283. The molecule has 132 valence electrons. The summed E-state index contributed by atoms with van der Waals surface area (Å²) in [6, 6.07) is 9.73. The first-order valence-corrected chi connectivity index (χ1v) is 9.02. The van der Waals surface area contributed by atoms with Crippen LogP contribution in [0.2, 0.25) is 0 Å². The van der Waals surface area contributed by atoms with Gasteiger partial charge in [-0.15, -0.1) is 0 Å². The van der Waals surface area contributed by atoms with Crippen LogP contribution in [0.1, 0.15) is 12.0 Å². The van der Waals surface area contributed by atoms with Gasteiger partial charge in [-0.2, -0.15) is 4.98 Å². The van der Waals surface area contributed by atoms with Crippen molar-refractivity contribution in [1.29, 1.82) is 0 Å². The molecule has 2 aromatic rings. The van der Waals surface area contributed by atoms with Gasteiger partial charge in [-0.3, -0.25) is 4.57 Å². The van der Waals surface area contributed by atoms with Gasteiger partial charge in [-0.25, -0.2) is 4.79 Å². The molecule has 4 N–H and O–H groups in total. The number of rotatable bonds is 6. The number of anilines is 1. The molecule has 2 unspecified atom stereocenters. The minimum Gasteiger partial charge on any atom is -0.383 e. The van der Waals surface area contributed by atoms with Gasteiger partial charge in [0.1, 0.15) is 5.82 Å². The number of fused-ring (bicyclic) bond motifs is 1. The van der Waals surface area contributed by atoms with E-state index in [9.17, 15) is 4.79 Å². The Hall–Kier alpha value is -2.18. The van der Waals surface area contributed by atoms with Gasteiger partial charge < -0.3 is 16.4 Å². The van der Waals surface area contributed by atoms with E-state index in [1.807, 2.05) is 12.1 Å². The molecule has 1 aromatic carbocycles. The minimum absolute atomic E-state index is 0.246. The van der Waals surface area contributed by atoms with E-state index in [1.54, 1.807) is 12.3 Å². The van der Waals surface area contributed by atoms with Gasteiger partial charge in [0.2, 0.25) is 0 Å². The fourth-order valence-electron chi connectivity index (χ4n) is 4.21. The first-order valence-electron chi connectivity index (χ1n) is 9.02. The van der Waals surface area contributed by atoms with E-state index in [4.69, 9.17) is 11.5 Å². The van der Waals surface area contributed by atoms with E-state index >= 15 is 0 Å². The van der Waals surface area contributed by atoms with Gasteiger partial charge in [0.15, 0.2) is 0 Å². The molecule has 2 fully saturated rings. The van der Waals surface area contributed by atoms with E-state index in [1.165, 1.54) is 23.2 Å². The van der Waals surface area contributed by atoms with Gasteiger partial charge in [0, 0.05) is 19.3 Å². The van der Waals surface area contributed by atoms with Crippen molar-refractivity contribution < 1.29 is 0 Å². The van der Waals surface area contributed by atoms with Crippen LogP contribution < -0.4 is 17.2 Å². The van der Waals surface area contributed by atoms with Crippen LogP contribution >= 0.6 is 0 Å². The Kier molecular flexibility index (Phi) is 4.31. The van der Waals surface area contributed by atoms with Gasteiger partial charge in [-0.1, -0.05) is 12.1 Å². The topological polar surface area (TPSA) is 90.2 Å². The van der Waals surface area contributed by atoms with E-state index in [-0.39, 0.29) is 11.5 Å². The predicted octanol–water partition coefficient (Wildman–Crippen LogP) is 0.884. The molecule has 1 aromatic heterocycles. The summed E-state index contributed by atoms with van der Waals surface area (Å²) in [6.45, 7) is 4.49. The normalized spacial score (nSPS) is 25.1. The molecule has 3 atom stereocenters. The van der Waals surface area contributed by atoms with Gasteiger partial charge in [0.25, 0.3) is 0 Å². The first-order chi connectivity index (χ1) is 12.2. The van der Waals surface area contributed by atoms with Crippen molar-refractivity contribution >= 4 is 5.82 Å². The average molecular weight is 339 g/mol. The van der Waals surface area contributed by atoms with Crippen molar-refractivity contribution in [2.75, 3.05) is 31.9 Å². The van der Waals surface area contributed by atoms with Crippen LogP contribution in [0.4, 0.5) is 5.82 Å². The van der Waals surface area contributed by atoms with Crippen molar-refractivity contribution in [2.45, 2.75) is 12.8 Å². The predicted molar refractivity (Wildman–Crippen MR) is 98.5 cm³/mol. The Morgan fingerprint density at radius 3 is 2.48 bits per heavy atom. The zero-order valence-corrected chi connectivity index (χ0v) is 14.3. The van der Waals surface area contributed by atoms with Crippen molar-refractivity contribution in [3.05, 3.63) is 52.6 Å². The fourth-order valence-corrected chi connectivity index (χ4v) is 4.21. The standard InChI is InChI=1S/C19H25N5O/c20-10-15-16-11-23(12-17(15)16)8-1-2-13-3-5-14(6-4-13)24-9-7-18(21)22-19(24)25/h3-7,9,15-17H,1-2,8,10-12,20H2,(H2,21,22,25)/t15?,16-,17?/m0/s1. The molecule has 1 saturated carbocycles. The molecule has 2 heterocycles. The highest BCUT2D eigenvalue weighted by Crippen LogP contribution is 2.50. The highest BCUT2D eigenvalue weighted by molar-refractivity contribution is 5.36. The molecule has 6 heteroatoms. The number of benzene rings is 1. The van der Waals surface area contributed by atoms with E-state index in [2.05, 4.69) is 22.0 Å². The molecule has 1 aliphatic heterocycles. The number of likely N-dealkylation sites (tertiary alicyclic amines) is 1. The lowest BCUT2D eigenvalue weighted by Crippen LogP contribution is -2.27. The lowest BCUT2D eigenvalue weighted by atomic mass is 10.1. The summed E-state index contributed by atoms with van der Waals surface area (Å²) < 4.78 is 1.50. The molecular formula is C19H25N5O. The van der Waals surface area contributed by atoms with E-state index < -0.39 is 0 Å². The van der Waals surface area contributed by atoms with Gasteiger partial charge in [0.05, 0.1) is 5.69 Å². The van der Waals surface area contributed by atoms with Crippen LogP contribution in [-0.4, -0.2) is 40.6 Å². The van der Waals surface area contributed by atoms with Crippen LogP contribution in [-0.2, 0) is 6.42 Å². The third kappa shape index (κ3) is 3.32. The molecule has 0 radical (unpaired) electrons. The summed E-state index contributed by atoms with van der Waals surface area (Å²) in [6.07, 6.45) is 3.88. The Morgan fingerprint density at radius 1 is 1.12 bits per heavy atom. The number of nitrogen functional groups attached to an aromatic ring is 1. The third-order valence-electron chi connectivity index (χ3n) is 5.70. The maximum absolute atomic E-state index is 11.9. The van der Waals surface area contributed by atoms with Crippen molar-refractivity contribution in [1.82, 2.24) is 14.5 Å². The number of hydrogen-bond donors (Lipinski definition) is 2. The number of aromatic nitrogens is 2. The molecule has 2 aliphatic rings. The Morgan fingerprint density at radius 2 is 1.84 bits per heavy atom. The van der Waals surface area contributed by atoms with Crippen LogP contribution in [0.25, 0.3) is 5.69 Å². The van der Waals surface area contributed by atoms with Gasteiger partial charge >= 0.3 is 5.69 Å². The Bertz CT molecular complexity index is 788. The molecule has 25 heavy (non-hydrogen) atoms. The number of nitrogens with zero attached hydrogens (tertiary/aromatic N) is 3. The van der Waals surface area contributed by atoms with Crippen LogP contribution in [0.15, 0.2) is 41.3 Å². The quantitative estimate of drug-likeness (QED) is 0.815.